The predicted octanol–water partition coefficient (Wildman–Crippen LogP) is 5.10. The molecule has 8 nitrogen and oxygen atoms in total. The Morgan fingerprint density at radius 3 is 1.45 bits per heavy atom. The van der Waals surface area contributed by atoms with Gasteiger partial charge in [0, 0.05) is 6.54 Å². The van der Waals surface area contributed by atoms with Gasteiger partial charge in [-0.2, -0.15) is 0 Å². The number of rotatable bonds is 5. The summed E-state index contributed by atoms with van der Waals surface area (Å²) in [5.41, 5.74) is -2.25. The molecule has 0 aliphatic heterocycles. The maximum atomic E-state index is 12.8. The minimum absolute atomic E-state index is 0.0194. The molecule has 0 saturated carbocycles. The molecule has 1 N–H and O–H groups in total. The van der Waals surface area contributed by atoms with Gasteiger partial charge in [0.25, 0.3) is 0 Å². The summed E-state index contributed by atoms with van der Waals surface area (Å²) in [5.74, 6) is 0.146. The zero-order valence-corrected chi connectivity index (χ0v) is 20.0. The van der Waals surface area contributed by atoms with Crippen LogP contribution in [0.4, 0.5) is 14.4 Å². The molecular weight excluding hydrogens is 376 g/mol. The third-order valence-corrected chi connectivity index (χ3v) is 3.17. The van der Waals surface area contributed by atoms with Crippen molar-refractivity contribution in [1.82, 2.24) is 10.2 Å². The molecule has 0 unspecified atom stereocenters. The Morgan fingerprint density at radius 2 is 1.14 bits per heavy atom. The number of imide groups is 1. The highest BCUT2D eigenvalue weighted by Crippen LogP contribution is 2.20. The van der Waals surface area contributed by atoms with Crippen LogP contribution in [0.15, 0.2) is 0 Å². The first-order valence-electron chi connectivity index (χ1n) is 10.0. The van der Waals surface area contributed by atoms with Crippen molar-refractivity contribution < 1.29 is 28.6 Å². The Kier molecular flexibility index (Phi) is 9.47. The Labute approximate surface area is 175 Å². The third kappa shape index (κ3) is 13.0. The smallest absolute Gasteiger partial charge is 0.420 e. The number of nitrogens with one attached hydrogen (secondary N) is 1. The Balaban J connectivity index is 5.67. The van der Waals surface area contributed by atoms with Crippen molar-refractivity contribution in [3.63, 3.8) is 0 Å². The first-order valence-corrected chi connectivity index (χ1v) is 10.0. The molecule has 8 heteroatoms. The molecule has 0 bridgehead atoms. The summed E-state index contributed by atoms with van der Waals surface area (Å²) in [6, 6.07) is -0.660. The van der Waals surface area contributed by atoms with Gasteiger partial charge in [-0.15, -0.1) is 0 Å². The first-order chi connectivity index (χ1) is 12.8. The van der Waals surface area contributed by atoms with Crippen molar-refractivity contribution in [2.75, 3.05) is 6.54 Å². The Bertz CT molecular complexity index is 539. The van der Waals surface area contributed by atoms with E-state index in [1.165, 1.54) is 0 Å². The van der Waals surface area contributed by atoms with Gasteiger partial charge in [0.2, 0.25) is 0 Å². The summed E-state index contributed by atoms with van der Waals surface area (Å²) in [6.07, 6.45) is -1.81. The SMILES string of the molecule is CC(C)C[C@@H](CNC(=O)OC(C)(C)C)N(C(=O)OC(C)(C)C)C(=O)OC(C)(C)C. The minimum Gasteiger partial charge on any atom is -0.444 e. The zero-order chi connectivity index (χ0) is 23.2. The summed E-state index contributed by atoms with van der Waals surface area (Å²) in [4.78, 5) is 38.7. The number of hydrogen-bond donors (Lipinski definition) is 1. The lowest BCUT2D eigenvalue weighted by Crippen LogP contribution is -2.53. The quantitative estimate of drug-likeness (QED) is 0.627. The third-order valence-electron chi connectivity index (χ3n) is 3.17. The van der Waals surface area contributed by atoms with E-state index in [1.54, 1.807) is 62.3 Å². The van der Waals surface area contributed by atoms with Gasteiger partial charge in [-0.3, -0.25) is 0 Å². The van der Waals surface area contributed by atoms with Crippen molar-refractivity contribution in [1.29, 1.82) is 0 Å². The van der Waals surface area contributed by atoms with Gasteiger partial charge in [-0.1, -0.05) is 13.8 Å². The Hall–Kier alpha value is -1.99. The second kappa shape index (κ2) is 10.2. The van der Waals surface area contributed by atoms with Crippen LogP contribution >= 0.6 is 0 Å². The van der Waals surface area contributed by atoms with E-state index in [4.69, 9.17) is 14.2 Å². The van der Waals surface area contributed by atoms with Gasteiger partial charge in [0.05, 0.1) is 6.04 Å². The lowest BCUT2D eigenvalue weighted by molar-refractivity contribution is -0.00982. The molecule has 1 atom stereocenters. The van der Waals surface area contributed by atoms with Gasteiger partial charge < -0.3 is 19.5 Å². The summed E-state index contributed by atoms with van der Waals surface area (Å²) in [5, 5.41) is 2.64. The number of amides is 3. The fourth-order valence-electron chi connectivity index (χ4n) is 2.33. The van der Waals surface area contributed by atoms with E-state index in [0.717, 1.165) is 4.90 Å². The molecule has 0 saturated heterocycles. The molecule has 0 aromatic rings. The van der Waals surface area contributed by atoms with Crippen LogP contribution in [0.1, 0.15) is 82.6 Å². The van der Waals surface area contributed by atoms with Crippen LogP contribution in [-0.2, 0) is 14.2 Å². The number of carbonyl (C=O) groups is 3. The largest absolute Gasteiger partial charge is 0.444 e. The van der Waals surface area contributed by atoms with E-state index in [1.807, 2.05) is 13.8 Å². The minimum atomic E-state index is -0.816. The molecular formula is C21H40N2O6. The summed E-state index contributed by atoms with van der Waals surface area (Å²) in [6.45, 7) is 19.5. The number of nitrogens with zero attached hydrogens (tertiary/aromatic N) is 1. The summed E-state index contributed by atoms with van der Waals surface area (Å²) in [7, 11) is 0. The summed E-state index contributed by atoms with van der Waals surface area (Å²) >= 11 is 0. The van der Waals surface area contributed by atoms with E-state index in [0.29, 0.717) is 6.42 Å². The van der Waals surface area contributed by atoms with Crippen molar-refractivity contribution in [3.05, 3.63) is 0 Å². The van der Waals surface area contributed by atoms with Crippen LogP contribution in [-0.4, -0.2) is 52.6 Å². The van der Waals surface area contributed by atoms with Crippen LogP contribution in [0.3, 0.4) is 0 Å². The highest BCUT2D eigenvalue weighted by molar-refractivity contribution is 5.88. The van der Waals surface area contributed by atoms with Crippen molar-refractivity contribution in [3.8, 4) is 0 Å². The first kappa shape index (κ1) is 27.0. The van der Waals surface area contributed by atoms with Gasteiger partial charge >= 0.3 is 18.3 Å². The van der Waals surface area contributed by atoms with Crippen molar-refractivity contribution >= 4 is 18.3 Å². The van der Waals surface area contributed by atoms with Gasteiger partial charge in [-0.05, 0) is 74.7 Å². The molecule has 0 radical (unpaired) electrons. The molecule has 0 rings (SSSR count). The molecule has 3 amide bonds. The van der Waals surface area contributed by atoms with Crippen LogP contribution in [0.2, 0.25) is 0 Å². The second-order valence-corrected chi connectivity index (χ2v) is 10.5. The van der Waals surface area contributed by atoms with Crippen LogP contribution in [0.5, 0.6) is 0 Å². The van der Waals surface area contributed by atoms with Crippen LogP contribution < -0.4 is 5.32 Å². The molecule has 0 spiro atoms. The summed E-state index contributed by atoms with van der Waals surface area (Å²) < 4.78 is 16.1. The number of ether oxygens (including phenoxy) is 3. The lowest BCUT2D eigenvalue weighted by atomic mass is 10.0. The van der Waals surface area contributed by atoms with E-state index < -0.39 is 41.1 Å². The fourth-order valence-corrected chi connectivity index (χ4v) is 2.33. The van der Waals surface area contributed by atoms with E-state index >= 15 is 0 Å². The Morgan fingerprint density at radius 1 is 0.759 bits per heavy atom. The van der Waals surface area contributed by atoms with Gasteiger partial charge in [-0.25, -0.2) is 19.3 Å². The van der Waals surface area contributed by atoms with Crippen LogP contribution in [0.25, 0.3) is 0 Å². The topological polar surface area (TPSA) is 94.2 Å². The predicted molar refractivity (Wildman–Crippen MR) is 112 cm³/mol. The lowest BCUT2D eigenvalue weighted by Gasteiger charge is -2.34. The normalized spacial score (nSPS) is 13.5. The molecule has 0 aliphatic carbocycles. The molecule has 0 aliphatic rings. The molecule has 0 aromatic heterocycles. The monoisotopic (exact) mass is 416 g/mol. The molecule has 29 heavy (non-hydrogen) atoms. The van der Waals surface area contributed by atoms with Crippen molar-refractivity contribution in [2.24, 2.45) is 5.92 Å². The maximum Gasteiger partial charge on any atom is 0.420 e. The number of hydrogen-bond acceptors (Lipinski definition) is 6. The average molecular weight is 417 g/mol. The molecule has 170 valence electrons. The van der Waals surface area contributed by atoms with Crippen LogP contribution in [0, 0.1) is 5.92 Å². The zero-order valence-electron chi connectivity index (χ0n) is 20.0. The standard InChI is InChI=1S/C21H40N2O6/c1-14(2)12-15(13-22-16(24)27-19(3,4)5)23(17(25)28-20(6,7)8)18(26)29-21(9,10)11/h14-15H,12-13H2,1-11H3,(H,22,24)/t15-/m0/s1. The van der Waals surface area contributed by atoms with Gasteiger partial charge in [0.15, 0.2) is 0 Å². The fraction of sp³-hybridized carbons (Fsp3) is 0.857. The number of carbonyl (C=O) groups excluding carboxylic acids is 3. The van der Waals surface area contributed by atoms with Gasteiger partial charge in [0.1, 0.15) is 16.8 Å². The molecule has 0 aromatic carbocycles. The molecule has 0 fully saturated rings. The maximum absolute atomic E-state index is 12.8. The van der Waals surface area contributed by atoms with E-state index in [2.05, 4.69) is 5.32 Å². The second-order valence-electron chi connectivity index (χ2n) is 10.5. The highest BCUT2D eigenvalue weighted by Gasteiger charge is 2.37. The van der Waals surface area contributed by atoms with Crippen molar-refractivity contribution in [2.45, 2.75) is 105 Å². The van der Waals surface area contributed by atoms with E-state index in [9.17, 15) is 14.4 Å². The average Bonchev–Trinajstić information content (AvgIpc) is 2.38. The number of alkyl carbamates (subject to hydrolysis) is 1. The van der Waals surface area contributed by atoms with E-state index in [-0.39, 0.29) is 12.5 Å². The molecule has 0 heterocycles. The highest BCUT2D eigenvalue weighted by atomic mass is 16.6.